The van der Waals surface area contributed by atoms with Gasteiger partial charge in [0.1, 0.15) is 11.6 Å². The quantitative estimate of drug-likeness (QED) is 0.756. The van der Waals surface area contributed by atoms with E-state index < -0.39 is 0 Å². The second kappa shape index (κ2) is 6.99. The van der Waals surface area contributed by atoms with Gasteiger partial charge in [-0.05, 0) is 38.3 Å². The highest BCUT2D eigenvalue weighted by atomic mass is 16.2. The van der Waals surface area contributed by atoms with Crippen molar-refractivity contribution in [1.82, 2.24) is 19.9 Å². The van der Waals surface area contributed by atoms with Crippen molar-refractivity contribution >= 4 is 5.91 Å². The van der Waals surface area contributed by atoms with Crippen LogP contribution >= 0.6 is 0 Å². The van der Waals surface area contributed by atoms with Crippen molar-refractivity contribution in [1.29, 1.82) is 0 Å². The van der Waals surface area contributed by atoms with Gasteiger partial charge in [-0.3, -0.25) is 9.36 Å². The number of hydrogen-bond donors (Lipinski definition) is 1. The zero-order chi connectivity index (χ0) is 18.9. The minimum absolute atomic E-state index is 0.108. The highest BCUT2D eigenvalue weighted by Gasteiger charge is 2.45. The smallest absolute Gasteiger partial charge is 0.230 e. The Labute approximate surface area is 159 Å². The Morgan fingerprint density at radius 1 is 1.15 bits per heavy atom. The SMILES string of the molecule is Cc1cccc(C2(C(=O)NCc3cccnc3-n3ccnc3C)CCC2)c1. The molecule has 1 N–H and O–H groups in total. The van der Waals surface area contributed by atoms with Crippen molar-refractivity contribution in [3.05, 3.63) is 77.5 Å². The van der Waals surface area contributed by atoms with Gasteiger partial charge in [-0.1, -0.05) is 42.3 Å². The fourth-order valence-electron chi connectivity index (χ4n) is 3.85. The maximum Gasteiger partial charge on any atom is 0.230 e. The summed E-state index contributed by atoms with van der Waals surface area (Å²) in [7, 11) is 0. The van der Waals surface area contributed by atoms with Gasteiger partial charge in [-0.2, -0.15) is 0 Å². The van der Waals surface area contributed by atoms with Crippen LogP contribution in [-0.4, -0.2) is 20.4 Å². The molecule has 3 aromatic rings. The van der Waals surface area contributed by atoms with E-state index in [1.54, 1.807) is 12.4 Å². The van der Waals surface area contributed by atoms with Crippen LogP contribution in [0.4, 0.5) is 0 Å². The van der Waals surface area contributed by atoms with Crippen LogP contribution < -0.4 is 5.32 Å². The minimum atomic E-state index is -0.390. The number of nitrogens with zero attached hydrogens (tertiary/aromatic N) is 3. The fourth-order valence-corrected chi connectivity index (χ4v) is 3.85. The molecule has 0 saturated heterocycles. The molecule has 1 aliphatic rings. The van der Waals surface area contributed by atoms with Gasteiger partial charge >= 0.3 is 0 Å². The molecule has 0 atom stereocenters. The number of hydrogen-bond acceptors (Lipinski definition) is 3. The molecule has 0 unspecified atom stereocenters. The molecule has 0 bridgehead atoms. The van der Waals surface area contributed by atoms with Crippen LogP contribution in [0, 0.1) is 13.8 Å². The Bertz CT molecular complexity index is 972. The highest BCUT2D eigenvalue weighted by Crippen LogP contribution is 2.44. The van der Waals surface area contributed by atoms with Gasteiger partial charge in [0, 0.05) is 30.7 Å². The minimum Gasteiger partial charge on any atom is -0.351 e. The Morgan fingerprint density at radius 2 is 2.00 bits per heavy atom. The Morgan fingerprint density at radius 3 is 2.67 bits per heavy atom. The monoisotopic (exact) mass is 360 g/mol. The van der Waals surface area contributed by atoms with E-state index in [4.69, 9.17) is 0 Å². The first kappa shape index (κ1) is 17.5. The van der Waals surface area contributed by atoms with Crippen LogP contribution in [0.1, 0.15) is 41.8 Å². The molecule has 0 spiro atoms. The number of aryl methyl sites for hydroxylation is 2. The number of amides is 1. The predicted octanol–water partition coefficient (Wildman–Crippen LogP) is 3.62. The van der Waals surface area contributed by atoms with Gasteiger partial charge in [-0.25, -0.2) is 9.97 Å². The van der Waals surface area contributed by atoms with E-state index in [1.165, 1.54) is 5.56 Å². The number of carbonyl (C=O) groups is 1. The zero-order valence-electron chi connectivity index (χ0n) is 15.8. The molecular weight excluding hydrogens is 336 g/mol. The summed E-state index contributed by atoms with van der Waals surface area (Å²) in [6.45, 7) is 4.47. The number of benzene rings is 1. The average molecular weight is 360 g/mol. The standard InChI is InChI=1S/C22H24N4O/c1-16-6-3-8-19(14-16)22(9-5-10-22)21(27)25-15-18-7-4-11-24-20(18)26-13-12-23-17(26)2/h3-4,6-8,11-14H,5,9-10,15H2,1-2H3,(H,25,27). The lowest BCUT2D eigenvalue weighted by Crippen LogP contribution is -2.49. The van der Waals surface area contributed by atoms with Crippen LogP contribution in [0.25, 0.3) is 5.82 Å². The lowest BCUT2D eigenvalue weighted by molar-refractivity contribution is -0.130. The van der Waals surface area contributed by atoms with E-state index in [0.29, 0.717) is 6.54 Å². The third-order valence-electron chi connectivity index (χ3n) is 5.57. The maximum atomic E-state index is 13.1. The van der Waals surface area contributed by atoms with E-state index in [0.717, 1.165) is 42.0 Å². The van der Waals surface area contributed by atoms with Crippen LogP contribution in [-0.2, 0) is 16.8 Å². The molecule has 0 aliphatic heterocycles. The number of aromatic nitrogens is 3. The zero-order valence-corrected chi connectivity index (χ0v) is 15.8. The molecule has 5 heteroatoms. The summed E-state index contributed by atoms with van der Waals surface area (Å²) in [6, 6.07) is 12.2. The Hall–Kier alpha value is -2.95. The third-order valence-corrected chi connectivity index (χ3v) is 5.57. The summed E-state index contributed by atoms with van der Waals surface area (Å²) in [6.07, 6.45) is 8.32. The van der Waals surface area contributed by atoms with Crippen molar-refractivity contribution in [2.24, 2.45) is 0 Å². The summed E-state index contributed by atoms with van der Waals surface area (Å²) in [4.78, 5) is 21.9. The number of nitrogens with one attached hydrogen (secondary N) is 1. The molecule has 1 aliphatic carbocycles. The summed E-state index contributed by atoms with van der Waals surface area (Å²) in [5, 5.41) is 3.17. The van der Waals surface area contributed by atoms with Crippen molar-refractivity contribution in [3.8, 4) is 5.82 Å². The van der Waals surface area contributed by atoms with Crippen LogP contribution in [0.2, 0.25) is 0 Å². The van der Waals surface area contributed by atoms with Crippen molar-refractivity contribution in [3.63, 3.8) is 0 Å². The Kier molecular flexibility index (Phi) is 4.52. The van der Waals surface area contributed by atoms with Gasteiger partial charge in [0.05, 0.1) is 5.41 Å². The first-order valence-corrected chi connectivity index (χ1v) is 9.40. The molecule has 1 amide bonds. The van der Waals surface area contributed by atoms with E-state index >= 15 is 0 Å². The first-order valence-electron chi connectivity index (χ1n) is 9.40. The highest BCUT2D eigenvalue weighted by molar-refractivity contribution is 5.89. The van der Waals surface area contributed by atoms with Crippen LogP contribution in [0.15, 0.2) is 55.0 Å². The average Bonchev–Trinajstić information content (AvgIpc) is 3.05. The van der Waals surface area contributed by atoms with Gasteiger partial charge in [0.2, 0.25) is 5.91 Å². The molecule has 5 nitrogen and oxygen atoms in total. The lowest BCUT2D eigenvalue weighted by atomic mass is 9.63. The fraction of sp³-hybridized carbons (Fsp3) is 0.318. The molecule has 2 aromatic heterocycles. The van der Waals surface area contributed by atoms with Gasteiger partial charge in [0.25, 0.3) is 0 Å². The normalized spacial score (nSPS) is 15.2. The van der Waals surface area contributed by atoms with Gasteiger partial charge in [-0.15, -0.1) is 0 Å². The first-order chi connectivity index (χ1) is 13.1. The molecular formula is C22H24N4O. The second-order valence-electron chi connectivity index (χ2n) is 7.32. The lowest BCUT2D eigenvalue weighted by Gasteiger charge is -2.41. The van der Waals surface area contributed by atoms with Crippen molar-refractivity contribution in [2.45, 2.75) is 45.1 Å². The van der Waals surface area contributed by atoms with Gasteiger partial charge in [0.15, 0.2) is 0 Å². The third kappa shape index (κ3) is 3.14. The van der Waals surface area contributed by atoms with Crippen molar-refractivity contribution < 1.29 is 4.79 Å². The molecule has 138 valence electrons. The molecule has 1 saturated carbocycles. The molecule has 0 radical (unpaired) electrons. The Balaban J connectivity index is 1.56. The maximum absolute atomic E-state index is 13.1. The van der Waals surface area contributed by atoms with E-state index in [2.05, 4.69) is 40.4 Å². The predicted molar refractivity (Wildman–Crippen MR) is 105 cm³/mol. The molecule has 4 rings (SSSR count). The second-order valence-corrected chi connectivity index (χ2v) is 7.32. The largest absolute Gasteiger partial charge is 0.351 e. The molecule has 2 heterocycles. The molecule has 27 heavy (non-hydrogen) atoms. The summed E-state index contributed by atoms with van der Waals surface area (Å²) in [5.41, 5.74) is 2.91. The topological polar surface area (TPSA) is 59.8 Å². The number of carbonyl (C=O) groups excluding carboxylic acids is 1. The molecule has 1 fully saturated rings. The van der Waals surface area contributed by atoms with Crippen molar-refractivity contribution in [2.75, 3.05) is 0 Å². The summed E-state index contributed by atoms with van der Waals surface area (Å²) in [5.74, 6) is 1.79. The van der Waals surface area contributed by atoms with Crippen LogP contribution in [0.3, 0.4) is 0 Å². The number of rotatable bonds is 5. The van der Waals surface area contributed by atoms with E-state index in [1.807, 2.05) is 35.9 Å². The summed E-state index contributed by atoms with van der Waals surface area (Å²) < 4.78 is 1.95. The van der Waals surface area contributed by atoms with Crippen LogP contribution in [0.5, 0.6) is 0 Å². The van der Waals surface area contributed by atoms with E-state index in [-0.39, 0.29) is 11.3 Å². The van der Waals surface area contributed by atoms with E-state index in [9.17, 15) is 4.79 Å². The van der Waals surface area contributed by atoms with Gasteiger partial charge < -0.3 is 5.32 Å². The summed E-state index contributed by atoms with van der Waals surface area (Å²) >= 11 is 0. The number of imidazole rings is 1. The number of pyridine rings is 1. The molecule has 1 aromatic carbocycles.